The second kappa shape index (κ2) is 4.11. The molecule has 0 radical (unpaired) electrons. The number of nitrogens with zero attached hydrogens (tertiary/aromatic N) is 1. The molecule has 0 aromatic rings. The van der Waals surface area contributed by atoms with Crippen LogP contribution in [0.2, 0.25) is 0 Å². The SMILES string of the molecule is C#CC(C)(C)N1CCCC(CF)C1. The predicted octanol–water partition coefficient (Wildman–Crippen LogP) is 2.08. The van der Waals surface area contributed by atoms with Gasteiger partial charge in [-0.3, -0.25) is 9.29 Å². The normalized spacial score (nSPS) is 25.5. The van der Waals surface area contributed by atoms with Crippen molar-refractivity contribution < 1.29 is 4.39 Å². The molecule has 1 rings (SSSR count). The van der Waals surface area contributed by atoms with Crippen LogP contribution in [-0.4, -0.2) is 30.2 Å². The Labute approximate surface area is 80.3 Å². The molecule has 1 aliphatic heterocycles. The summed E-state index contributed by atoms with van der Waals surface area (Å²) in [5, 5.41) is 0. The van der Waals surface area contributed by atoms with Crippen molar-refractivity contribution in [3.8, 4) is 12.3 Å². The summed E-state index contributed by atoms with van der Waals surface area (Å²) in [7, 11) is 0. The first-order chi connectivity index (χ1) is 6.10. The van der Waals surface area contributed by atoms with E-state index in [-0.39, 0.29) is 18.1 Å². The second-order valence-electron chi connectivity index (χ2n) is 4.31. The lowest BCUT2D eigenvalue weighted by Crippen LogP contribution is -2.48. The van der Waals surface area contributed by atoms with E-state index in [1.54, 1.807) is 0 Å². The van der Waals surface area contributed by atoms with Crippen LogP contribution in [0.3, 0.4) is 0 Å². The highest BCUT2D eigenvalue weighted by atomic mass is 19.1. The number of piperidine rings is 1. The van der Waals surface area contributed by atoms with Gasteiger partial charge in [0.2, 0.25) is 0 Å². The van der Waals surface area contributed by atoms with Gasteiger partial charge in [0.1, 0.15) is 0 Å². The zero-order valence-electron chi connectivity index (χ0n) is 8.52. The maximum atomic E-state index is 12.5. The first-order valence-electron chi connectivity index (χ1n) is 4.89. The molecule has 0 amide bonds. The van der Waals surface area contributed by atoms with Crippen molar-refractivity contribution in [1.82, 2.24) is 4.90 Å². The van der Waals surface area contributed by atoms with Gasteiger partial charge < -0.3 is 0 Å². The molecule has 1 aliphatic rings. The standard InChI is InChI=1S/C11H18FN/c1-4-11(2,3)13-7-5-6-10(8-12)9-13/h1,10H,5-9H2,2-3H3. The van der Waals surface area contributed by atoms with Gasteiger partial charge in [-0.15, -0.1) is 6.42 Å². The van der Waals surface area contributed by atoms with Crippen LogP contribution in [0.1, 0.15) is 26.7 Å². The lowest BCUT2D eigenvalue weighted by molar-refractivity contribution is 0.0920. The minimum absolute atomic E-state index is 0.196. The second-order valence-corrected chi connectivity index (χ2v) is 4.31. The van der Waals surface area contributed by atoms with Gasteiger partial charge in [0.25, 0.3) is 0 Å². The molecule has 1 nitrogen and oxygen atoms in total. The molecule has 0 N–H and O–H groups in total. The highest BCUT2D eigenvalue weighted by Crippen LogP contribution is 2.23. The smallest absolute Gasteiger partial charge is 0.0934 e. The van der Waals surface area contributed by atoms with E-state index < -0.39 is 0 Å². The van der Waals surface area contributed by atoms with E-state index >= 15 is 0 Å². The number of terminal acetylenes is 1. The van der Waals surface area contributed by atoms with Crippen LogP contribution < -0.4 is 0 Å². The molecule has 0 spiro atoms. The maximum Gasteiger partial charge on any atom is 0.0934 e. The van der Waals surface area contributed by atoms with Crippen molar-refractivity contribution in [3.05, 3.63) is 0 Å². The first kappa shape index (κ1) is 10.5. The van der Waals surface area contributed by atoms with Gasteiger partial charge in [0, 0.05) is 12.5 Å². The monoisotopic (exact) mass is 183 g/mol. The third-order valence-corrected chi connectivity index (χ3v) is 2.88. The van der Waals surface area contributed by atoms with Gasteiger partial charge in [-0.1, -0.05) is 5.92 Å². The quantitative estimate of drug-likeness (QED) is 0.592. The Morgan fingerprint density at radius 3 is 2.85 bits per heavy atom. The topological polar surface area (TPSA) is 3.24 Å². The van der Waals surface area contributed by atoms with Gasteiger partial charge >= 0.3 is 0 Å². The molecule has 1 fully saturated rings. The van der Waals surface area contributed by atoms with Crippen LogP contribution in [0.15, 0.2) is 0 Å². The fourth-order valence-corrected chi connectivity index (χ4v) is 1.79. The number of likely N-dealkylation sites (tertiary alicyclic amines) is 1. The third kappa shape index (κ3) is 2.45. The summed E-state index contributed by atoms with van der Waals surface area (Å²) in [6, 6.07) is 0. The average molecular weight is 183 g/mol. The number of hydrogen-bond donors (Lipinski definition) is 0. The minimum atomic E-state index is -0.214. The molecule has 0 saturated carbocycles. The van der Waals surface area contributed by atoms with E-state index in [4.69, 9.17) is 6.42 Å². The summed E-state index contributed by atoms with van der Waals surface area (Å²) in [4.78, 5) is 2.21. The zero-order chi connectivity index (χ0) is 9.90. The van der Waals surface area contributed by atoms with Gasteiger partial charge in [-0.05, 0) is 33.2 Å². The Hall–Kier alpha value is -0.550. The maximum absolute atomic E-state index is 12.5. The van der Waals surface area contributed by atoms with Gasteiger partial charge in [-0.25, -0.2) is 0 Å². The molecule has 0 aromatic carbocycles. The number of halogens is 1. The van der Waals surface area contributed by atoms with Crippen molar-refractivity contribution in [3.63, 3.8) is 0 Å². The van der Waals surface area contributed by atoms with Crippen LogP contribution in [0, 0.1) is 18.3 Å². The number of rotatable bonds is 2. The van der Waals surface area contributed by atoms with Crippen molar-refractivity contribution in [1.29, 1.82) is 0 Å². The Kier molecular flexibility index (Phi) is 3.33. The number of hydrogen-bond acceptors (Lipinski definition) is 1. The fourth-order valence-electron chi connectivity index (χ4n) is 1.79. The Morgan fingerprint density at radius 2 is 2.31 bits per heavy atom. The van der Waals surface area contributed by atoms with E-state index in [1.807, 2.05) is 13.8 Å². The zero-order valence-corrected chi connectivity index (χ0v) is 8.52. The number of alkyl halides is 1. The lowest BCUT2D eigenvalue weighted by Gasteiger charge is -2.40. The van der Waals surface area contributed by atoms with Gasteiger partial charge in [-0.2, -0.15) is 0 Å². The summed E-state index contributed by atoms with van der Waals surface area (Å²) in [6.45, 7) is 5.65. The van der Waals surface area contributed by atoms with E-state index in [9.17, 15) is 4.39 Å². The highest BCUT2D eigenvalue weighted by molar-refractivity contribution is 5.09. The summed E-state index contributed by atoms with van der Waals surface area (Å²) in [5.74, 6) is 2.95. The van der Waals surface area contributed by atoms with Crippen LogP contribution in [0.5, 0.6) is 0 Å². The Morgan fingerprint density at radius 1 is 1.62 bits per heavy atom. The molecular formula is C11H18FN. The van der Waals surface area contributed by atoms with Crippen molar-refractivity contribution >= 4 is 0 Å². The molecular weight excluding hydrogens is 165 g/mol. The van der Waals surface area contributed by atoms with Crippen molar-refractivity contribution in [2.75, 3.05) is 19.8 Å². The summed E-state index contributed by atoms with van der Waals surface area (Å²) in [6.07, 6.45) is 7.52. The molecule has 0 aliphatic carbocycles. The largest absolute Gasteiger partial charge is 0.287 e. The third-order valence-electron chi connectivity index (χ3n) is 2.88. The van der Waals surface area contributed by atoms with Gasteiger partial charge in [0.05, 0.1) is 12.2 Å². The van der Waals surface area contributed by atoms with E-state index in [1.165, 1.54) is 0 Å². The molecule has 1 saturated heterocycles. The first-order valence-corrected chi connectivity index (χ1v) is 4.89. The van der Waals surface area contributed by atoms with Crippen molar-refractivity contribution in [2.45, 2.75) is 32.2 Å². The van der Waals surface area contributed by atoms with Gasteiger partial charge in [0.15, 0.2) is 0 Å². The Bertz CT molecular complexity index is 205. The van der Waals surface area contributed by atoms with E-state index in [0.717, 1.165) is 25.9 Å². The molecule has 1 unspecified atom stereocenters. The summed E-state index contributed by atoms with van der Waals surface area (Å²) >= 11 is 0. The van der Waals surface area contributed by atoms with Crippen LogP contribution in [0.25, 0.3) is 0 Å². The lowest BCUT2D eigenvalue weighted by atomic mass is 9.94. The van der Waals surface area contributed by atoms with Crippen molar-refractivity contribution in [2.24, 2.45) is 5.92 Å². The Balaban J connectivity index is 2.57. The molecule has 0 bridgehead atoms. The molecule has 13 heavy (non-hydrogen) atoms. The molecule has 74 valence electrons. The molecule has 2 heteroatoms. The minimum Gasteiger partial charge on any atom is -0.287 e. The molecule has 0 aromatic heterocycles. The summed E-state index contributed by atoms with van der Waals surface area (Å²) in [5.41, 5.74) is -0.214. The fraction of sp³-hybridized carbons (Fsp3) is 0.818. The summed E-state index contributed by atoms with van der Waals surface area (Å²) < 4.78 is 12.5. The van der Waals surface area contributed by atoms with E-state index in [2.05, 4.69) is 10.8 Å². The van der Waals surface area contributed by atoms with Crippen LogP contribution in [-0.2, 0) is 0 Å². The highest BCUT2D eigenvalue weighted by Gasteiger charge is 2.29. The van der Waals surface area contributed by atoms with Crippen LogP contribution >= 0.6 is 0 Å². The van der Waals surface area contributed by atoms with Crippen LogP contribution in [0.4, 0.5) is 4.39 Å². The van der Waals surface area contributed by atoms with E-state index in [0.29, 0.717) is 0 Å². The molecule has 1 heterocycles. The average Bonchev–Trinajstić information content (AvgIpc) is 2.18. The predicted molar refractivity (Wildman–Crippen MR) is 53.2 cm³/mol. The molecule has 1 atom stereocenters.